The Kier molecular flexibility index (Phi) is 8.47. The zero-order valence-corrected chi connectivity index (χ0v) is 23.9. The van der Waals surface area contributed by atoms with E-state index in [1.54, 1.807) is 36.5 Å². The highest BCUT2D eigenvalue weighted by Gasteiger charge is 2.34. The smallest absolute Gasteiger partial charge is 0.322 e. The van der Waals surface area contributed by atoms with Gasteiger partial charge in [0.25, 0.3) is 5.91 Å². The van der Waals surface area contributed by atoms with Crippen LogP contribution < -0.4 is 10.6 Å². The van der Waals surface area contributed by atoms with Gasteiger partial charge < -0.3 is 10.2 Å². The third-order valence-corrected chi connectivity index (χ3v) is 7.13. The Morgan fingerprint density at radius 2 is 1.74 bits per heavy atom. The molecule has 0 unspecified atom stereocenters. The Bertz CT molecular complexity index is 1750. The number of nitrogens with one attached hydrogen (secondary N) is 2. The summed E-state index contributed by atoms with van der Waals surface area (Å²) in [6, 6.07) is 12.3. The number of hydrogen-bond acceptors (Lipinski definition) is 6. The van der Waals surface area contributed by atoms with Gasteiger partial charge in [0.1, 0.15) is 0 Å². The average Bonchev–Trinajstić information content (AvgIpc) is 3.34. The molecule has 0 saturated carbocycles. The molecule has 2 aromatic carbocycles. The molecule has 0 radical (unpaired) electrons. The summed E-state index contributed by atoms with van der Waals surface area (Å²) >= 11 is 0. The molecular formula is C31H30F3N7O2. The van der Waals surface area contributed by atoms with Crippen LogP contribution in [0.5, 0.6) is 0 Å². The van der Waals surface area contributed by atoms with Crippen molar-refractivity contribution in [1.82, 2.24) is 24.4 Å². The fraction of sp³-hybridized carbons (Fsp3) is 0.290. The predicted octanol–water partition coefficient (Wildman–Crippen LogP) is 4.41. The average molecular weight is 590 g/mol. The van der Waals surface area contributed by atoms with Crippen molar-refractivity contribution in [1.29, 1.82) is 0 Å². The van der Waals surface area contributed by atoms with Gasteiger partial charge in [-0.15, -0.1) is 5.10 Å². The molecule has 0 atom stereocenters. The quantitative estimate of drug-likeness (QED) is 0.335. The van der Waals surface area contributed by atoms with E-state index in [1.165, 1.54) is 23.6 Å². The molecule has 4 aromatic rings. The molecule has 2 aromatic heterocycles. The molecular weight excluding hydrogens is 559 g/mol. The minimum atomic E-state index is -4.56. The summed E-state index contributed by atoms with van der Waals surface area (Å²) < 4.78 is 43.5. The van der Waals surface area contributed by atoms with Gasteiger partial charge in [-0.1, -0.05) is 24.0 Å². The van der Waals surface area contributed by atoms with Crippen molar-refractivity contribution in [3.63, 3.8) is 0 Å². The van der Waals surface area contributed by atoms with E-state index in [1.807, 2.05) is 18.9 Å². The van der Waals surface area contributed by atoms with E-state index in [0.29, 0.717) is 29.9 Å². The Hall–Kier alpha value is -4.73. The lowest BCUT2D eigenvalue weighted by molar-refractivity contribution is -0.138. The molecule has 2 N–H and O–H groups in total. The summed E-state index contributed by atoms with van der Waals surface area (Å²) in [5.41, 5.74) is 2.30. The van der Waals surface area contributed by atoms with Crippen molar-refractivity contribution >= 4 is 29.1 Å². The molecule has 5 rings (SSSR count). The number of rotatable bonds is 5. The molecule has 43 heavy (non-hydrogen) atoms. The molecule has 1 aliphatic rings. The predicted molar refractivity (Wildman–Crippen MR) is 157 cm³/mol. The first kappa shape index (κ1) is 29.8. The lowest BCUT2D eigenvalue weighted by Crippen LogP contribution is -2.44. The monoisotopic (exact) mass is 589 g/mol. The van der Waals surface area contributed by atoms with Crippen LogP contribution in [-0.4, -0.2) is 69.4 Å². The van der Waals surface area contributed by atoms with E-state index in [4.69, 9.17) is 0 Å². The van der Waals surface area contributed by atoms with Crippen LogP contribution in [0.1, 0.15) is 45.1 Å². The van der Waals surface area contributed by atoms with Crippen molar-refractivity contribution in [3.8, 4) is 11.8 Å². The number of likely N-dealkylation sites (N-methyl/N-ethyl adjacent to an activating group) is 1. The van der Waals surface area contributed by atoms with Gasteiger partial charge in [-0.05, 0) is 61.5 Å². The molecule has 1 saturated heterocycles. The Balaban J connectivity index is 1.33. The van der Waals surface area contributed by atoms with Crippen LogP contribution in [0.2, 0.25) is 0 Å². The molecule has 0 spiro atoms. The standard InChI is InChI=1S/C31H30F3N7O2/c1-20-4-6-24(17-23(20)7-5-22-10-11-41-28(16-22)37-30(38-41)35-21(2)42)29(43)36-26-9-8-25(27(18-26)31(32,33)34)19-40-14-12-39(3)13-15-40/h4,6,8-11,16-18H,12-15,19H2,1-3H3,(H,36,43)(H,35,38,42). The van der Waals surface area contributed by atoms with Crippen LogP contribution >= 0.6 is 0 Å². The molecule has 1 fully saturated rings. The molecule has 2 amide bonds. The fourth-order valence-electron chi connectivity index (χ4n) is 4.71. The summed E-state index contributed by atoms with van der Waals surface area (Å²) in [5, 5.41) is 9.30. The van der Waals surface area contributed by atoms with Gasteiger partial charge in [-0.25, -0.2) is 4.52 Å². The van der Waals surface area contributed by atoms with Crippen LogP contribution in [-0.2, 0) is 17.5 Å². The fourth-order valence-corrected chi connectivity index (χ4v) is 4.71. The van der Waals surface area contributed by atoms with E-state index < -0.39 is 17.6 Å². The van der Waals surface area contributed by atoms with Crippen molar-refractivity contribution in [2.45, 2.75) is 26.6 Å². The lowest BCUT2D eigenvalue weighted by Gasteiger charge is -2.33. The molecule has 1 aliphatic heterocycles. The number of carbonyl (C=O) groups is 2. The summed E-state index contributed by atoms with van der Waals surface area (Å²) in [6.45, 7) is 6.40. The van der Waals surface area contributed by atoms with Gasteiger partial charge >= 0.3 is 6.18 Å². The first-order valence-corrected chi connectivity index (χ1v) is 13.6. The molecule has 0 bridgehead atoms. The third kappa shape index (κ3) is 7.38. The number of aromatic nitrogens is 3. The SMILES string of the molecule is CC(=O)Nc1nc2cc(C#Cc3cc(C(=O)Nc4ccc(CN5CCN(C)CC5)c(C(F)(F)F)c4)ccc3C)ccn2n1. The van der Waals surface area contributed by atoms with Crippen LogP contribution in [0, 0.1) is 18.8 Å². The highest BCUT2D eigenvalue weighted by atomic mass is 19.4. The molecule has 12 heteroatoms. The number of pyridine rings is 1. The minimum absolute atomic E-state index is 0.0629. The number of piperazine rings is 1. The largest absolute Gasteiger partial charge is 0.416 e. The van der Waals surface area contributed by atoms with E-state index in [9.17, 15) is 22.8 Å². The Morgan fingerprint density at radius 3 is 2.47 bits per heavy atom. The van der Waals surface area contributed by atoms with Gasteiger partial charge in [-0.3, -0.25) is 19.8 Å². The number of carbonyl (C=O) groups excluding carboxylic acids is 2. The number of halogens is 3. The first-order chi connectivity index (χ1) is 20.4. The number of anilines is 2. The van der Waals surface area contributed by atoms with Gasteiger partial charge in [0.05, 0.1) is 5.56 Å². The Labute approximate surface area is 246 Å². The lowest BCUT2D eigenvalue weighted by atomic mass is 10.0. The number of fused-ring (bicyclic) bond motifs is 1. The highest BCUT2D eigenvalue weighted by Crippen LogP contribution is 2.34. The number of nitrogens with zero attached hydrogens (tertiary/aromatic N) is 5. The normalized spacial score (nSPS) is 14.3. The molecule has 222 valence electrons. The topological polar surface area (TPSA) is 94.9 Å². The maximum atomic E-state index is 14.0. The van der Waals surface area contributed by atoms with Gasteiger partial charge in [-0.2, -0.15) is 18.2 Å². The zero-order chi connectivity index (χ0) is 30.7. The van der Waals surface area contributed by atoms with E-state index in [-0.39, 0.29) is 35.2 Å². The Morgan fingerprint density at radius 1 is 0.977 bits per heavy atom. The molecule has 9 nitrogen and oxygen atoms in total. The van der Waals surface area contributed by atoms with Crippen molar-refractivity contribution < 1.29 is 22.8 Å². The van der Waals surface area contributed by atoms with Crippen LogP contribution in [0.4, 0.5) is 24.8 Å². The maximum Gasteiger partial charge on any atom is 0.416 e. The van der Waals surface area contributed by atoms with E-state index >= 15 is 0 Å². The molecule has 0 aliphatic carbocycles. The highest BCUT2D eigenvalue weighted by molar-refractivity contribution is 6.04. The second kappa shape index (κ2) is 12.2. The summed E-state index contributed by atoms with van der Waals surface area (Å²) in [5.74, 6) is 5.45. The summed E-state index contributed by atoms with van der Waals surface area (Å²) in [7, 11) is 1.99. The minimum Gasteiger partial charge on any atom is -0.322 e. The number of hydrogen-bond donors (Lipinski definition) is 2. The number of benzene rings is 2. The van der Waals surface area contributed by atoms with Crippen LogP contribution in [0.15, 0.2) is 54.7 Å². The van der Waals surface area contributed by atoms with Crippen molar-refractivity contribution in [3.05, 3.63) is 88.1 Å². The van der Waals surface area contributed by atoms with Crippen molar-refractivity contribution in [2.24, 2.45) is 0 Å². The second-order valence-electron chi connectivity index (χ2n) is 10.5. The number of amides is 2. The number of alkyl halides is 3. The third-order valence-electron chi connectivity index (χ3n) is 7.13. The van der Waals surface area contributed by atoms with Gasteiger partial charge in [0.15, 0.2) is 5.65 Å². The maximum absolute atomic E-state index is 14.0. The first-order valence-electron chi connectivity index (χ1n) is 13.6. The van der Waals surface area contributed by atoms with Gasteiger partial charge in [0.2, 0.25) is 11.9 Å². The van der Waals surface area contributed by atoms with E-state index in [2.05, 4.69) is 37.5 Å². The van der Waals surface area contributed by atoms with Crippen molar-refractivity contribution in [2.75, 3.05) is 43.9 Å². The molecule has 3 heterocycles. The second-order valence-corrected chi connectivity index (χ2v) is 10.5. The van der Waals surface area contributed by atoms with Gasteiger partial charge in [0, 0.05) is 68.2 Å². The van der Waals surface area contributed by atoms with Crippen LogP contribution in [0.3, 0.4) is 0 Å². The van der Waals surface area contributed by atoms with Crippen LogP contribution in [0.25, 0.3) is 5.65 Å². The number of aryl methyl sites for hydroxylation is 1. The van der Waals surface area contributed by atoms with E-state index in [0.717, 1.165) is 24.7 Å². The zero-order valence-electron chi connectivity index (χ0n) is 23.9. The summed E-state index contributed by atoms with van der Waals surface area (Å²) in [4.78, 5) is 32.7. The summed E-state index contributed by atoms with van der Waals surface area (Å²) in [6.07, 6.45) is -2.89.